The number of para-hydroxylation sites is 4. The average molecular weight is 1050 g/mol. The van der Waals surface area contributed by atoms with Crippen LogP contribution in [-0.4, -0.2) is 25.2 Å². The van der Waals surface area contributed by atoms with Crippen molar-refractivity contribution in [2.45, 2.75) is 32.6 Å². The van der Waals surface area contributed by atoms with E-state index >= 15 is 0 Å². The Bertz CT molecular complexity index is 3920. The second-order valence-corrected chi connectivity index (χ2v) is 18.8. The number of hydrogen-bond acceptors (Lipinski definition) is 3. The van der Waals surface area contributed by atoms with E-state index in [0.717, 1.165) is 78.4 Å². The van der Waals surface area contributed by atoms with Gasteiger partial charge in [0.05, 0.1) is 5.48 Å². The molecule has 12 rings (SSSR count). The molecule has 328 valence electrons. The zero-order valence-corrected chi connectivity index (χ0v) is 39.3. The van der Waals surface area contributed by atoms with E-state index in [0.29, 0.717) is 39.1 Å². The maximum absolute atomic E-state index is 9.14. The first-order valence-corrected chi connectivity index (χ1v) is 23.6. The Morgan fingerprint density at radius 3 is 2.04 bits per heavy atom. The first kappa shape index (κ1) is 36.7. The third-order valence-corrected chi connectivity index (χ3v) is 13.8. The molecule has 67 heavy (non-hydrogen) atoms. The van der Waals surface area contributed by atoms with Crippen LogP contribution in [0, 0.1) is 15.9 Å². The van der Waals surface area contributed by atoms with E-state index in [-0.39, 0.29) is 29.6 Å². The SMILES string of the molecule is [2H]c1c([2H])c([2H])c2c(c1[2H])c1ccc(Oc3[c-]c4c(cc3)N(c3ccccc3)CCc3cccc5c3n-4[c](=[Pt])n5-c3c(-c4ccccc4)cccc3-c3ccccc3)[c-]c1n2-c1cc(C(C)(C)C)ccn1. The van der Waals surface area contributed by atoms with Gasteiger partial charge < -0.3 is 0 Å². The summed E-state index contributed by atoms with van der Waals surface area (Å²) >= 11 is 2.50. The molecule has 0 amide bonds. The summed E-state index contributed by atoms with van der Waals surface area (Å²) in [6, 6.07) is 63.0. The van der Waals surface area contributed by atoms with Crippen LogP contribution in [0.5, 0.6) is 11.5 Å². The van der Waals surface area contributed by atoms with Crippen molar-refractivity contribution in [2.24, 2.45) is 0 Å². The van der Waals surface area contributed by atoms with Gasteiger partial charge in [0, 0.05) is 6.20 Å². The molecule has 0 bridgehead atoms. The standard InChI is InChI=1S/C60H45N5O.Pt/c1-60(2,3)44-33-35-61-57(37-44)65-52-27-14-13-24-50(52)51-31-29-46(38-55(51)65)66-47-30-32-53-56(39-47)64-40-63(54-28-15-21-43(58(54)64)34-36-62(53)45-22-11-6-12-23-45)59-48(41-17-7-4-8-18-41)25-16-26-49(59)42-19-9-5-10-20-42;/h4-33,35,37H,34,36H2,1-3H3;/q-2;/i13D,14D,24D,27D;. The quantitative estimate of drug-likeness (QED) is 0.149. The van der Waals surface area contributed by atoms with Crippen molar-refractivity contribution in [3.63, 3.8) is 0 Å². The Balaban J connectivity index is 1.09. The van der Waals surface area contributed by atoms with Gasteiger partial charge in [-0.05, 0) is 17.0 Å². The molecule has 1 aliphatic rings. The van der Waals surface area contributed by atoms with Crippen molar-refractivity contribution < 1.29 is 29.6 Å². The fraction of sp³-hybridized carbons (Fsp3) is 0.100. The van der Waals surface area contributed by atoms with Crippen molar-refractivity contribution >= 4 is 44.2 Å². The normalized spacial score (nSPS) is 13.5. The smallest absolute Gasteiger partial charge is 0.0561 e. The van der Waals surface area contributed by atoms with Crippen LogP contribution >= 0.6 is 0 Å². The second kappa shape index (κ2) is 16.4. The van der Waals surface area contributed by atoms with Crippen LogP contribution in [0.25, 0.3) is 72.3 Å². The van der Waals surface area contributed by atoms with Gasteiger partial charge in [-0.3, -0.25) is 0 Å². The number of rotatable bonds is 7. The van der Waals surface area contributed by atoms with Crippen molar-refractivity contribution in [3.8, 4) is 50.9 Å². The molecule has 1 aliphatic heterocycles. The molecule has 0 N–H and O–H groups in total. The summed E-state index contributed by atoms with van der Waals surface area (Å²) in [6.45, 7) is 7.11. The number of benzene rings is 8. The van der Waals surface area contributed by atoms with E-state index in [2.05, 4.69) is 194 Å². The van der Waals surface area contributed by atoms with Gasteiger partial charge in [0.1, 0.15) is 0 Å². The molecule has 0 atom stereocenters. The summed E-state index contributed by atoms with van der Waals surface area (Å²) in [7, 11) is 0. The first-order valence-electron chi connectivity index (χ1n) is 24.4. The van der Waals surface area contributed by atoms with E-state index in [4.69, 9.17) is 15.2 Å². The summed E-state index contributed by atoms with van der Waals surface area (Å²) in [5, 5.41) is 1.01. The molecule has 6 nitrogen and oxygen atoms in total. The van der Waals surface area contributed by atoms with Crippen LogP contribution in [0.15, 0.2) is 194 Å². The molecular weight excluding hydrogens is 1000 g/mol. The van der Waals surface area contributed by atoms with Gasteiger partial charge in [0.2, 0.25) is 0 Å². The van der Waals surface area contributed by atoms with Crippen LogP contribution < -0.4 is 9.64 Å². The minimum atomic E-state index is -0.313. The van der Waals surface area contributed by atoms with Crippen LogP contribution in [0.3, 0.4) is 0 Å². The Morgan fingerprint density at radius 1 is 0.642 bits per heavy atom. The van der Waals surface area contributed by atoms with Crippen molar-refractivity contribution in [1.82, 2.24) is 18.7 Å². The number of ether oxygens (including phenoxy) is 1. The summed E-state index contributed by atoms with van der Waals surface area (Å²) in [5.74, 6) is 1.37. The van der Waals surface area contributed by atoms with Gasteiger partial charge >= 0.3 is 347 Å². The van der Waals surface area contributed by atoms with Crippen molar-refractivity contribution in [1.29, 1.82) is 0 Å². The molecule has 0 spiro atoms. The second-order valence-electron chi connectivity index (χ2n) is 17.8. The molecule has 8 aromatic carbocycles. The van der Waals surface area contributed by atoms with E-state index in [1.807, 2.05) is 30.3 Å². The average Bonchev–Trinajstić information content (AvgIpc) is 3.89. The van der Waals surface area contributed by atoms with Crippen molar-refractivity contribution in [2.75, 3.05) is 11.4 Å². The van der Waals surface area contributed by atoms with E-state index < -0.39 is 0 Å². The van der Waals surface area contributed by atoms with Gasteiger partial charge in [-0.25, -0.2) is 0 Å². The minimum Gasteiger partial charge on any atom is -0.0561 e. The molecule has 0 fully saturated rings. The molecule has 7 heteroatoms. The zero-order valence-electron chi connectivity index (χ0n) is 41.0. The number of pyridine rings is 1. The Hall–Kier alpha value is -7.53. The third kappa shape index (κ3) is 7.06. The van der Waals surface area contributed by atoms with Crippen LogP contribution in [-0.2, 0) is 31.2 Å². The minimum absolute atomic E-state index is 0.121. The van der Waals surface area contributed by atoms with E-state index in [1.165, 1.54) is 5.56 Å². The summed E-state index contributed by atoms with van der Waals surface area (Å²) in [5.41, 5.74) is 13.4. The Kier molecular flexibility index (Phi) is 8.98. The van der Waals surface area contributed by atoms with Crippen LogP contribution in [0.2, 0.25) is 0 Å². The van der Waals surface area contributed by atoms with Gasteiger partial charge in [-0.2, -0.15) is 0 Å². The Morgan fingerprint density at radius 2 is 1.31 bits per heavy atom. The maximum atomic E-state index is 9.14. The van der Waals surface area contributed by atoms with Crippen molar-refractivity contribution in [3.05, 3.63) is 221 Å². The summed E-state index contributed by atoms with van der Waals surface area (Å²) < 4.78 is 49.9. The number of fused-ring (bicyclic) bond motifs is 5. The Labute approximate surface area is 406 Å². The number of nitrogens with zero attached hydrogens (tertiary/aromatic N) is 5. The molecular formula is C60H45N5OPt-2. The summed E-state index contributed by atoms with van der Waals surface area (Å²) in [6.07, 6.45) is 2.53. The number of imidazole rings is 1. The summed E-state index contributed by atoms with van der Waals surface area (Å²) in [4.78, 5) is 7.14. The molecule has 0 radical (unpaired) electrons. The molecule has 0 saturated heterocycles. The topological polar surface area (TPSA) is 40.1 Å². The molecule has 4 heterocycles. The van der Waals surface area contributed by atoms with Gasteiger partial charge in [-0.15, -0.1) is 0 Å². The fourth-order valence-electron chi connectivity index (χ4n) is 9.55. The van der Waals surface area contributed by atoms with Gasteiger partial charge in [0.15, 0.2) is 0 Å². The zero-order chi connectivity index (χ0) is 48.7. The fourth-order valence-corrected chi connectivity index (χ4v) is 10.6. The first-order chi connectivity index (χ1) is 34.5. The molecule has 11 aromatic rings. The monoisotopic (exact) mass is 1050 g/mol. The van der Waals surface area contributed by atoms with E-state index in [1.54, 1.807) is 16.8 Å². The predicted octanol–water partition coefficient (Wildman–Crippen LogP) is 14.7. The predicted molar refractivity (Wildman–Crippen MR) is 269 cm³/mol. The molecule has 0 aliphatic carbocycles. The van der Waals surface area contributed by atoms with Gasteiger partial charge in [-0.1, -0.05) is 32.9 Å². The molecule has 3 aromatic heterocycles. The van der Waals surface area contributed by atoms with E-state index in [9.17, 15) is 0 Å². The number of hydrogen-bond donors (Lipinski definition) is 0. The molecule has 0 unspecified atom stereocenters. The molecule has 0 saturated carbocycles. The van der Waals surface area contributed by atoms with Crippen LogP contribution in [0.4, 0.5) is 11.4 Å². The van der Waals surface area contributed by atoms with Crippen LogP contribution in [0.1, 0.15) is 37.4 Å². The van der Waals surface area contributed by atoms with Gasteiger partial charge in [0.25, 0.3) is 0 Å². The third-order valence-electron chi connectivity index (χ3n) is 12.7. The number of aromatic nitrogens is 4. The number of anilines is 2.